The van der Waals surface area contributed by atoms with Crippen LogP contribution in [0.4, 0.5) is 0 Å². The summed E-state index contributed by atoms with van der Waals surface area (Å²) in [7, 11) is 0. The van der Waals surface area contributed by atoms with Gasteiger partial charge in [0.15, 0.2) is 0 Å². The first kappa shape index (κ1) is 10.9. The summed E-state index contributed by atoms with van der Waals surface area (Å²) < 4.78 is 5.47. The summed E-state index contributed by atoms with van der Waals surface area (Å²) >= 11 is 0. The lowest BCUT2D eigenvalue weighted by Gasteiger charge is -2.15. The SMILES string of the molecule is CC(C)[C@@H](C=O)OCc1ccccc1. The van der Waals surface area contributed by atoms with Gasteiger partial charge in [0.1, 0.15) is 12.4 Å². The van der Waals surface area contributed by atoms with Gasteiger partial charge in [-0.05, 0) is 11.5 Å². The van der Waals surface area contributed by atoms with Crippen molar-refractivity contribution in [2.45, 2.75) is 26.6 Å². The molecule has 0 amide bonds. The van der Waals surface area contributed by atoms with E-state index in [0.29, 0.717) is 6.61 Å². The predicted molar refractivity (Wildman–Crippen MR) is 55.9 cm³/mol. The Hall–Kier alpha value is -1.15. The normalized spacial score (nSPS) is 12.8. The lowest BCUT2D eigenvalue weighted by atomic mass is 10.1. The van der Waals surface area contributed by atoms with Crippen molar-refractivity contribution in [3.63, 3.8) is 0 Å². The molecule has 1 rings (SSSR count). The monoisotopic (exact) mass is 192 g/mol. The molecule has 0 unspecified atom stereocenters. The first-order valence-corrected chi connectivity index (χ1v) is 4.85. The molecule has 0 aliphatic carbocycles. The second-order valence-electron chi connectivity index (χ2n) is 3.64. The van der Waals surface area contributed by atoms with Crippen LogP contribution in [0.1, 0.15) is 19.4 Å². The highest BCUT2D eigenvalue weighted by Gasteiger charge is 2.11. The van der Waals surface area contributed by atoms with Crippen molar-refractivity contribution in [2.24, 2.45) is 5.92 Å². The number of benzene rings is 1. The van der Waals surface area contributed by atoms with Gasteiger partial charge in [-0.3, -0.25) is 0 Å². The smallest absolute Gasteiger partial charge is 0.149 e. The molecule has 1 aromatic carbocycles. The van der Waals surface area contributed by atoms with Crippen LogP contribution in [0.5, 0.6) is 0 Å². The highest BCUT2D eigenvalue weighted by Crippen LogP contribution is 2.08. The Balaban J connectivity index is 2.43. The van der Waals surface area contributed by atoms with Gasteiger partial charge in [-0.2, -0.15) is 0 Å². The van der Waals surface area contributed by atoms with Gasteiger partial charge in [-0.25, -0.2) is 0 Å². The van der Waals surface area contributed by atoms with E-state index in [1.807, 2.05) is 44.2 Å². The molecule has 0 aliphatic rings. The molecule has 1 aromatic rings. The fourth-order valence-corrected chi connectivity index (χ4v) is 1.16. The average molecular weight is 192 g/mol. The van der Waals surface area contributed by atoms with Crippen molar-refractivity contribution in [3.05, 3.63) is 35.9 Å². The summed E-state index contributed by atoms with van der Waals surface area (Å²) in [4.78, 5) is 10.6. The molecule has 2 nitrogen and oxygen atoms in total. The van der Waals surface area contributed by atoms with Crippen molar-refractivity contribution < 1.29 is 9.53 Å². The van der Waals surface area contributed by atoms with Crippen LogP contribution in [-0.4, -0.2) is 12.4 Å². The van der Waals surface area contributed by atoms with Gasteiger partial charge in [0.05, 0.1) is 6.61 Å². The maximum absolute atomic E-state index is 10.6. The van der Waals surface area contributed by atoms with E-state index in [-0.39, 0.29) is 12.0 Å². The molecule has 0 saturated heterocycles. The van der Waals surface area contributed by atoms with Crippen LogP contribution in [0.15, 0.2) is 30.3 Å². The van der Waals surface area contributed by atoms with Crippen molar-refractivity contribution in [3.8, 4) is 0 Å². The first-order valence-electron chi connectivity index (χ1n) is 4.85. The molecule has 0 aromatic heterocycles. The number of aldehydes is 1. The molecule has 0 bridgehead atoms. The maximum atomic E-state index is 10.6. The third-order valence-electron chi connectivity index (χ3n) is 2.08. The van der Waals surface area contributed by atoms with Crippen LogP contribution in [0.3, 0.4) is 0 Å². The fraction of sp³-hybridized carbons (Fsp3) is 0.417. The van der Waals surface area contributed by atoms with E-state index in [9.17, 15) is 4.79 Å². The number of hydrogen-bond acceptors (Lipinski definition) is 2. The zero-order valence-corrected chi connectivity index (χ0v) is 8.64. The van der Waals surface area contributed by atoms with E-state index in [1.54, 1.807) is 0 Å². The summed E-state index contributed by atoms with van der Waals surface area (Å²) in [5.74, 6) is 0.233. The van der Waals surface area contributed by atoms with E-state index in [2.05, 4.69) is 0 Å². The Morgan fingerprint density at radius 3 is 2.43 bits per heavy atom. The average Bonchev–Trinajstić information content (AvgIpc) is 2.20. The van der Waals surface area contributed by atoms with Gasteiger partial charge < -0.3 is 9.53 Å². The number of hydrogen-bond donors (Lipinski definition) is 0. The number of carbonyl (C=O) groups excluding carboxylic acids is 1. The van der Waals surface area contributed by atoms with Gasteiger partial charge in [0.25, 0.3) is 0 Å². The molecule has 14 heavy (non-hydrogen) atoms. The Bertz CT molecular complexity index is 267. The van der Waals surface area contributed by atoms with Crippen molar-refractivity contribution in [1.82, 2.24) is 0 Å². The number of carbonyl (C=O) groups is 1. The maximum Gasteiger partial charge on any atom is 0.149 e. The molecule has 0 heterocycles. The quantitative estimate of drug-likeness (QED) is 0.670. The van der Waals surface area contributed by atoms with E-state index in [1.165, 1.54) is 0 Å². The van der Waals surface area contributed by atoms with Gasteiger partial charge in [0, 0.05) is 0 Å². The summed E-state index contributed by atoms with van der Waals surface area (Å²) in [6.45, 7) is 4.45. The molecular formula is C12H16O2. The van der Waals surface area contributed by atoms with Crippen LogP contribution < -0.4 is 0 Å². The Kier molecular flexibility index (Phi) is 4.33. The molecule has 0 spiro atoms. The van der Waals surface area contributed by atoms with Gasteiger partial charge in [-0.1, -0.05) is 44.2 Å². The van der Waals surface area contributed by atoms with E-state index < -0.39 is 0 Å². The van der Waals surface area contributed by atoms with Gasteiger partial charge >= 0.3 is 0 Å². The standard InChI is InChI=1S/C12H16O2/c1-10(2)12(8-13)14-9-11-6-4-3-5-7-11/h3-8,10,12H,9H2,1-2H3/t12-/m1/s1. The third-order valence-corrected chi connectivity index (χ3v) is 2.08. The second kappa shape index (κ2) is 5.55. The minimum absolute atomic E-state index is 0.233. The molecular weight excluding hydrogens is 176 g/mol. The van der Waals surface area contributed by atoms with Gasteiger partial charge in [0.2, 0.25) is 0 Å². The molecule has 0 saturated carbocycles. The molecule has 0 N–H and O–H groups in total. The van der Waals surface area contributed by atoms with Crippen LogP contribution >= 0.6 is 0 Å². The Labute approximate surface area is 84.9 Å². The van der Waals surface area contributed by atoms with E-state index >= 15 is 0 Å². The molecule has 0 fully saturated rings. The Morgan fingerprint density at radius 1 is 1.29 bits per heavy atom. The zero-order valence-electron chi connectivity index (χ0n) is 8.64. The topological polar surface area (TPSA) is 26.3 Å². The summed E-state index contributed by atoms with van der Waals surface area (Å²) in [5.41, 5.74) is 1.10. The summed E-state index contributed by atoms with van der Waals surface area (Å²) in [6.07, 6.45) is 0.573. The zero-order chi connectivity index (χ0) is 10.4. The number of ether oxygens (including phenoxy) is 1. The first-order chi connectivity index (χ1) is 6.74. The molecule has 1 atom stereocenters. The van der Waals surface area contributed by atoms with Crippen molar-refractivity contribution >= 4 is 6.29 Å². The van der Waals surface area contributed by atoms with Crippen molar-refractivity contribution in [2.75, 3.05) is 0 Å². The minimum atomic E-state index is -0.296. The van der Waals surface area contributed by atoms with E-state index in [4.69, 9.17) is 4.74 Å². The van der Waals surface area contributed by atoms with Crippen LogP contribution in [-0.2, 0) is 16.1 Å². The largest absolute Gasteiger partial charge is 0.366 e. The number of rotatable bonds is 5. The lowest BCUT2D eigenvalue weighted by molar-refractivity contribution is -0.121. The van der Waals surface area contributed by atoms with Crippen LogP contribution in [0.2, 0.25) is 0 Å². The van der Waals surface area contributed by atoms with Crippen LogP contribution in [0.25, 0.3) is 0 Å². The molecule has 76 valence electrons. The fourth-order valence-electron chi connectivity index (χ4n) is 1.16. The highest BCUT2D eigenvalue weighted by atomic mass is 16.5. The molecule has 2 heteroatoms. The summed E-state index contributed by atoms with van der Waals surface area (Å²) in [5, 5.41) is 0. The molecule has 0 radical (unpaired) electrons. The van der Waals surface area contributed by atoms with Gasteiger partial charge in [-0.15, -0.1) is 0 Å². The summed E-state index contributed by atoms with van der Waals surface area (Å²) in [6, 6.07) is 9.86. The predicted octanol–water partition coefficient (Wildman–Crippen LogP) is 2.43. The Morgan fingerprint density at radius 2 is 1.93 bits per heavy atom. The van der Waals surface area contributed by atoms with Crippen molar-refractivity contribution in [1.29, 1.82) is 0 Å². The van der Waals surface area contributed by atoms with E-state index in [0.717, 1.165) is 11.8 Å². The highest BCUT2D eigenvalue weighted by molar-refractivity contribution is 5.56. The van der Waals surface area contributed by atoms with Crippen LogP contribution in [0, 0.1) is 5.92 Å². The molecule has 0 aliphatic heterocycles. The second-order valence-corrected chi connectivity index (χ2v) is 3.64. The minimum Gasteiger partial charge on any atom is -0.366 e. The third kappa shape index (κ3) is 3.30. The lowest BCUT2D eigenvalue weighted by Crippen LogP contribution is -2.20.